The third kappa shape index (κ3) is 5.74. The lowest BCUT2D eigenvalue weighted by molar-refractivity contribution is -0.115. The number of nitrogens with one attached hydrogen (secondary N) is 2. The van der Waals surface area contributed by atoms with E-state index in [0.717, 1.165) is 12.5 Å². The largest absolute Gasteiger partial charge is 0.332 e. The van der Waals surface area contributed by atoms with E-state index in [4.69, 9.17) is 0 Å². The molecule has 0 radical (unpaired) electrons. The monoisotopic (exact) mass is 522 g/mol. The van der Waals surface area contributed by atoms with Crippen molar-refractivity contribution in [1.29, 1.82) is 0 Å². The SMILES string of the molecule is CS(=O)(=O)c1ccc(Nc2nc(CC(=O)Nc3nc4ccc(S(C)(=O)=O)cc4s3)cs2)cc1. The van der Waals surface area contributed by atoms with Crippen molar-refractivity contribution in [2.75, 3.05) is 23.1 Å². The van der Waals surface area contributed by atoms with Crippen molar-refractivity contribution in [3.63, 3.8) is 0 Å². The van der Waals surface area contributed by atoms with E-state index in [1.165, 1.54) is 40.9 Å². The standard InChI is InChI=1S/C20H18N4O5S4/c1-32(26,27)14-5-3-12(4-6-14)21-19-22-13(11-30-19)9-18(25)24-20-23-16-8-7-15(33(2,28)29)10-17(16)31-20/h3-8,10-11H,9H2,1-2H3,(H,21,22)(H,23,24,25). The third-order valence-corrected chi connectivity index (χ3v) is 8.44. The summed E-state index contributed by atoms with van der Waals surface area (Å²) in [5.74, 6) is -0.299. The van der Waals surface area contributed by atoms with Crippen LogP contribution in [0.5, 0.6) is 0 Å². The molecule has 0 saturated heterocycles. The van der Waals surface area contributed by atoms with Gasteiger partial charge in [-0.05, 0) is 42.5 Å². The first kappa shape index (κ1) is 23.3. The van der Waals surface area contributed by atoms with Gasteiger partial charge >= 0.3 is 0 Å². The molecule has 2 aromatic heterocycles. The first-order valence-corrected chi connectivity index (χ1v) is 14.9. The van der Waals surface area contributed by atoms with Crippen LogP contribution < -0.4 is 10.6 Å². The maximum Gasteiger partial charge on any atom is 0.232 e. The van der Waals surface area contributed by atoms with Crippen LogP contribution in [0.2, 0.25) is 0 Å². The van der Waals surface area contributed by atoms with Crippen molar-refractivity contribution in [1.82, 2.24) is 9.97 Å². The number of benzene rings is 2. The number of fused-ring (bicyclic) bond motifs is 1. The van der Waals surface area contributed by atoms with Crippen molar-refractivity contribution < 1.29 is 21.6 Å². The van der Waals surface area contributed by atoms with Crippen molar-refractivity contribution >= 4 is 74.4 Å². The van der Waals surface area contributed by atoms with E-state index in [1.54, 1.807) is 29.6 Å². The molecule has 9 nitrogen and oxygen atoms in total. The highest BCUT2D eigenvalue weighted by atomic mass is 32.2. The number of carbonyl (C=O) groups excluding carboxylic acids is 1. The second-order valence-corrected chi connectivity index (χ2v) is 13.1. The van der Waals surface area contributed by atoms with Gasteiger partial charge in [0, 0.05) is 23.6 Å². The number of hydrogen-bond donors (Lipinski definition) is 2. The average Bonchev–Trinajstić information content (AvgIpc) is 3.32. The lowest BCUT2D eigenvalue weighted by atomic mass is 10.3. The second kappa shape index (κ2) is 8.82. The summed E-state index contributed by atoms with van der Waals surface area (Å²) in [6, 6.07) is 10.9. The second-order valence-electron chi connectivity index (χ2n) is 7.21. The molecule has 0 aliphatic heterocycles. The Morgan fingerprint density at radius 3 is 2.24 bits per heavy atom. The van der Waals surface area contributed by atoms with E-state index in [9.17, 15) is 21.6 Å². The number of nitrogens with zero attached hydrogens (tertiary/aromatic N) is 2. The first-order chi connectivity index (χ1) is 15.5. The molecule has 2 N–H and O–H groups in total. The molecule has 1 amide bonds. The first-order valence-electron chi connectivity index (χ1n) is 9.39. The zero-order valence-electron chi connectivity index (χ0n) is 17.4. The zero-order valence-corrected chi connectivity index (χ0v) is 20.7. The average molecular weight is 523 g/mol. The number of rotatable bonds is 7. The van der Waals surface area contributed by atoms with Gasteiger partial charge in [0.2, 0.25) is 5.91 Å². The van der Waals surface area contributed by atoms with Gasteiger partial charge in [-0.3, -0.25) is 4.79 Å². The normalized spacial score (nSPS) is 12.1. The van der Waals surface area contributed by atoms with Gasteiger partial charge in [-0.2, -0.15) is 0 Å². The molecule has 172 valence electrons. The van der Waals surface area contributed by atoms with Crippen LogP contribution in [0.4, 0.5) is 16.0 Å². The molecule has 0 aliphatic rings. The summed E-state index contributed by atoms with van der Waals surface area (Å²) in [7, 11) is -6.59. The predicted molar refractivity (Wildman–Crippen MR) is 130 cm³/mol. The van der Waals surface area contributed by atoms with Gasteiger partial charge in [0.25, 0.3) is 0 Å². The Morgan fingerprint density at radius 2 is 1.58 bits per heavy atom. The van der Waals surface area contributed by atoms with Crippen LogP contribution in [0.15, 0.2) is 57.6 Å². The molecule has 0 fully saturated rings. The number of aromatic nitrogens is 2. The molecular formula is C20H18N4O5S4. The highest BCUT2D eigenvalue weighted by molar-refractivity contribution is 7.91. The molecule has 0 spiro atoms. The Labute approximate surface area is 198 Å². The quantitative estimate of drug-likeness (QED) is 0.377. The molecule has 2 aromatic carbocycles. The molecule has 0 unspecified atom stereocenters. The summed E-state index contributed by atoms with van der Waals surface area (Å²) < 4.78 is 47.2. The fourth-order valence-electron chi connectivity index (χ4n) is 2.87. The summed E-state index contributed by atoms with van der Waals surface area (Å²) >= 11 is 2.52. The van der Waals surface area contributed by atoms with Crippen LogP contribution in [0, 0.1) is 0 Å². The lowest BCUT2D eigenvalue weighted by Gasteiger charge is -2.04. The fraction of sp³-hybridized carbons (Fsp3) is 0.150. The summed E-state index contributed by atoms with van der Waals surface area (Å²) in [5.41, 5.74) is 1.84. The van der Waals surface area contributed by atoms with Crippen LogP contribution in [-0.4, -0.2) is 45.2 Å². The lowest BCUT2D eigenvalue weighted by Crippen LogP contribution is -2.14. The predicted octanol–water partition coefficient (Wildman–Crippen LogP) is 3.48. The van der Waals surface area contributed by atoms with E-state index in [-0.39, 0.29) is 22.1 Å². The number of sulfone groups is 2. The summed E-state index contributed by atoms with van der Waals surface area (Å²) in [6.07, 6.45) is 2.32. The third-order valence-electron chi connectivity index (χ3n) is 4.46. The molecule has 2 heterocycles. The summed E-state index contributed by atoms with van der Waals surface area (Å²) in [6.45, 7) is 0. The number of carbonyl (C=O) groups is 1. The van der Waals surface area contributed by atoms with E-state index in [1.807, 2.05) is 0 Å². The summed E-state index contributed by atoms with van der Waals surface area (Å²) in [4.78, 5) is 21.6. The minimum atomic E-state index is -3.33. The topological polar surface area (TPSA) is 135 Å². The molecule has 0 bridgehead atoms. The Morgan fingerprint density at radius 1 is 0.909 bits per heavy atom. The molecule has 0 aliphatic carbocycles. The molecule has 4 rings (SSSR count). The van der Waals surface area contributed by atoms with Gasteiger partial charge in [0.05, 0.1) is 32.1 Å². The van der Waals surface area contributed by atoms with Gasteiger partial charge in [-0.15, -0.1) is 11.3 Å². The van der Waals surface area contributed by atoms with Gasteiger partial charge in [0.15, 0.2) is 29.9 Å². The number of anilines is 3. The van der Waals surface area contributed by atoms with Crippen LogP contribution in [-0.2, 0) is 30.9 Å². The van der Waals surface area contributed by atoms with Crippen molar-refractivity contribution in [3.05, 3.63) is 53.5 Å². The number of thiazole rings is 2. The maximum absolute atomic E-state index is 12.4. The van der Waals surface area contributed by atoms with Crippen LogP contribution in [0.1, 0.15) is 5.69 Å². The Hall–Kier alpha value is -2.87. The van der Waals surface area contributed by atoms with E-state index >= 15 is 0 Å². The Bertz CT molecular complexity index is 1560. The summed E-state index contributed by atoms with van der Waals surface area (Å²) in [5, 5.41) is 8.50. The Balaban J connectivity index is 1.39. The van der Waals surface area contributed by atoms with E-state index in [0.29, 0.717) is 31.9 Å². The van der Waals surface area contributed by atoms with Gasteiger partial charge in [-0.1, -0.05) is 11.3 Å². The highest BCUT2D eigenvalue weighted by Gasteiger charge is 2.14. The maximum atomic E-state index is 12.4. The Kier molecular flexibility index (Phi) is 6.22. The van der Waals surface area contributed by atoms with E-state index in [2.05, 4.69) is 20.6 Å². The molecule has 33 heavy (non-hydrogen) atoms. The highest BCUT2D eigenvalue weighted by Crippen LogP contribution is 2.28. The van der Waals surface area contributed by atoms with Crippen molar-refractivity contribution in [2.45, 2.75) is 16.2 Å². The zero-order chi connectivity index (χ0) is 23.8. The molecular weight excluding hydrogens is 505 g/mol. The van der Waals surface area contributed by atoms with Gasteiger partial charge < -0.3 is 10.6 Å². The molecule has 0 atom stereocenters. The van der Waals surface area contributed by atoms with Crippen molar-refractivity contribution in [3.8, 4) is 0 Å². The van der Waals surface area contributed by atoms with Crippen LogP contribution in [0.3, 0.4) is 0 Å². The number of hydrogen-bond acceptors (Lipinski definition) is 10. The van der Waals surface area contributed by atoms with Gasteiger partial charge in [0.1, 0.15) is 0 Å². The minimum absolute atomic E-state index is 0.0374. The fourth-order valence-corrected chi connectivity index (χ4v) is 5.88. The molecule has 13 heteroatoms. The van der Waals surface area contributed by atoms with Gasteiger partial charge in [-0.25, -0.2) is 26.8 Å². The smallest absolute Gasteiger partial charge is 0.232 e. The van der Waals surface area contributed by atoms with Crippen LogP contribution >= 0.6 is 22.7 Å². The van der Waals surface area contributed by atoms with Crippen LogP contribution in [0.25, 0.3) is 10.2 Å². The van der Waals surface area contributed by atoms with E-state index < -0.39 is 19.7 Å². The molecule has 4 aromatic rings. The van der Waals surface area contributed by atoms with Crippen molar-refractivity contribution in [2.24, 2.45) is 0 Å². The minimum Gasteiger partial charge on any atom is -0.332 e. The molecule has 0 saturated carbocycles. The number of amides is 1.